The molecule has 0 aliphatic carbocycles. The molecule has 1 aromatic heterocycles. The predicted octanol–water partition coefficient (Wildman–Crippen LogP) is 3.71. The van der Waals surface area contributed by atoms with Crippen LogP contribution >= 0.6 is 23.4 Å². The second kappa shape index (κ2) is 7.62. The van der Waals surface area contributed by atoms with E-state index >= 15 is 0 Å². The normalized spacial score (nSPS) is 10.7. The molecule has 0 bridgehead atoms. The molecule has 25 heavy (non-hydrogen) atoms. The predicted molar refractivity (Wildman–Crippen MR) is 94.4 cm³/mol. The number of nitrogens with one attached hydrogen (secondary N) is 1. The summed E-state index contributed by atoms with van der Waals surface area (Å²) in [5, 5.41) is 15.3. The summed E-state index contributed by atoms with van der Waals surface area (Å²) in [5.74, 6) is -0.0435. The highest BCUT2D eigenvalue weighted by Crippen LogP contribution is 2.27. The molecular weight excluding hydrogens is 365 g/mol. The zero-order valence-corrected chi connectivity index (χ0v) is 14.7. The van der Waals surface area contributed by atoms with E-state index in [2.05, 4.69) is 20.8 Å². The van der Waals surface area contributed by atoms with Gasteiger partial charge in [0.05, 0.1) is 5.69 Å². The SMILES string of the molecule is CC(=O)Nc1cccc(-n2nnnc2SCc2ccc(F)cc2Cl)c1. The summed E-state index contributed by atoms with van der Waals surface area (Å²) in [4.78, 5) is 11.2. The molecule has 1 amide bonds. The Bertz CT molecular complexity index is 917. The number of nitrogens with zero attached hydrogens (tertiary/aromatic N) is 4. The lowest BCUT2D eigenvalue weighted by atomic mass is 10.2. The van der Waals surface area contributed by atoms with Crippen LogP contribution in [0.3, 0.4) is 0 Å². The van der Waals surface area contributed by atoms with Gasteiger partial charge in [0.15, 0.2) is 0 Å². The number of anilines is 1. The van der Waals surface area contributed by atoms with E-state index in [1.165, 1.54) is 30.8 Å². The number of carbonyl (C=O) groups excluding carboxylic acids is 1. The minimum Gasteiger partial charge on any atom is -0.326 e. The Labute approximate surface area is 152 Å². The molecule has 0 aliphatic heterocycles. The van der Waals surface area contributed by atoms with Crippen molar-refractivity contribution in [1.29, 1.82) is 0 Å². The molecule has 3 aromatic rings. The zero-order valence-electron chi connectivity index (χ0n) is 13.1. The summed E-state index contributed by atoms with van der Waals surface area (Å²) in [6, 6.07) is 11.5. The van der Waals surface area contributed by atoms with Crippen molar-refractivity contribution >= 4 is 35.0 Å². The summed E-state index contributed by atoms with van der Waals surface area (Å²) in [6.45, 7) is 1.44. The summed E-state index contributed by atoms with van der Waals surface area (Å²) in [5.41, 5.74) is 2.15. The van der Waals surface area contributed by atoms with Crippen molar-refractivity contribution in [3.05, 3.63) is 58.9 Å². The van der Waals surface area contributed by atoms with Gasteiger partial charge in [0.2, 0.25) is 11.1 Å². The van der Waals surface area contributed by atoms with Crippen LogP contribution in [0.2, 0.25) is 5.02 Å². The number of hydrogen-bond donors (Lipinski definition) is 1. The van der Waals surface area contributed by atoms with Crippen LogP contribution in [-0.2, 0) is 10.5 Å². The van der Waals surface area contributed by atoms with E-state index in [4.69, 9.17) is 11.6 Å². The molecule has 0 saturated heterocycles. The van der Waals surface area contributed by atoms with Crippen LogP contribution in [0.25, 0.3) is 5.69 Å². The van der Waals surface area contributed by atoms with Gasteiger partial charge in [0.25, 0.3) is 0 Å². The number of carbonyl (C=O) groups is 1. The lowest BCUT2D eigenvalue weighted by Crippen LogP contribution is -2.07. The van der Waals surface area contributed by atoms with Crippen molar-refractivity contribution in [2.45, 2.75) is 17.8 Å². The van der Waals surface area contributed by atoms with E-state index in [1.54, 1.807) is 28.9 Å². The van der Waals surface area contributed by atoms with Gasteiger partial charge in [-0.25, -0.2) is 4.39 Å². The van der Waals surface area contributed by atoms with Crippen molar-refractivity contribution in [1.82, 2.24) is 20.2 Å². The number of aromatic nitrogens is 4. The maximum atomic E-state index is 13.1. The third-order valence-corrected chi connectivity index (χ3v) is 4.54. The minimum absolute atomic E-state index is 0.158. The smallest absolute Gasteiger partial charge is 0.221 e. The second-order valence-electron chi connectivity index (χ2n) is 5.13. The van der Waals surface area contributed by atoms with Gasteiger partial charge in [-0.3, -0.25) is 4.79 Å². The number of rotatable bonds is 5. The number of halogens is 2. The fourth-order valence-corrected chi connectivity index (χ4v) is 3.34. The molecule has 0 saturated carbocycles. The third kappa shape index (κ3) is 4.34. The number of amides is 1. The first-order chi connectivity index (χ1) is 12.0. The molecule has 9 heteroatoms. The molecule has 1 heterocycles. The maximum Gasteiger partial charge on any atom is 0.221 e. The van der Waals surface area contributed by atoms with Crippen molar-refractivity contribution in [3.63, 3.8) is 0 Å². The Morgan fingerprint density at radius 1 is 1.32 bits per heavy atom. The largest absolute Gasteiger partial charge is 0.326 e. The summed E-state index contributed by atoms with van der Waals surface area (Å²) in [6.07, 6.45) is 0. The van der Waals surface area contributed by atoms with Gasteiger partial charge in [-0.2, -0.15) is 4.68 Å². The van der Waals surface area contributed by atoms with Gasteiger partial charge in [-0.1, -0.05) is 35.5 Å². The van der Waals surface area contributed by atoms with E-state index in [0.29, 0.717) is 27.3 Å². The first-order valence-corrected chi connectivity index (χ1v) is 8.62. The molecule has 0 spiro atoms. The number of hydrogen-bond acceptors (Lipinski definition) is 5. The van der Waals surface area contributed by atoms with E-state index in [0.717, 1.165) is 5.56 Å². The Morgan fingerprint density at radius 2 is 2.16 bits per heavy atom. The molecule has 0 fully saturated rings. The molecule has 128 valence electrons. The van der Waals surface area contributed by atoms with Crippen LogP contribution in [0.15, 0.2) is 47.6 Å². The topological polar surface area (TPSA) is 72.7 Å². The lowest BCUT2D eigenvalue weighted by molar-refractivity contribution is -0.114. The number of tetrazole rings is 1. The van der Waals surface area contributed by atoms with E-state index in [9.17, 15) is 9.18 Å². The molecule has 2 aromatic carbocycles. The third-order valence-electron chi connectivity index (χ3n) is 3.22. The van der Waals surface area contributed by atoms with Crippen molar-refractivity contribution in [2.24, 2.45) is 0 Å². The molecule has 0 atom stereocenters. The highest BCUT2D eigenvalue weighted by Gasteiger charge is 2.11. The van der Waals surface area contributed by atoms with Crippen LogP contribution in [0.1, 0.15) is 12.5 Å². The standard InChI is InChI=1S/C16H13ClFN5OS/c1-10(24)19-13-3-2-4-14(8-13)23-16(20-21-22-23)25-9-11-5-6-12(18)7-15(11)17/h2-8H,9H2,1H3,(H,19,24). The van der Waals surface area contributed by atoms with Gasteiger partial charge in [-0.05, 0) is 46.3 Å². The maximum absolute atomic E-state index is 13.1. The van der Waals surface area contributed by atoms with Crippen LogP contribution in [0.4, 0.5) is 10.1 Å². The van der Waals surface area contributed by atoms with Gasteiger partial charge in [-0.15, -0.1) is 5.10 Å². The van der Waals surface area contributed by atoms with Crippen molar-refractivity contribution in [3.8, 4) is 5.69 Å². The molecule has 3 rings (SSSR count). The van der Waals surface area contributed by atoms with Crippen LogP contribution in [0, 0.1) is 5.82 Å². The summed E-state index contributed by atoms with van der Waals surface area (Å²) >= 11 is 7.42. The Hall–Kier alpha value is -2.45. The Balaban J connectivity index is 1.80. The van der Waals surface area contributed by atoms with E-state index < -0.39 is 0 Å². The average Bonchev–Trinajstić information content (AvgIpc) is 3.02. The fraction of sp³-hybridized carbons (Fsp3) is 0.125. The molecule has 0 radical (unpaired) electrons. The van der Waals surface area contributed by atoms with Gasteiger partial charge in [0, 0.05) is 23.4 Å². The zero-order chi connectivity index (χ0) is 17.8. The molecule has 0 aliphatic rings. The van der Waals surface area contributed by atoms with Crippen molar-refractivity contribution < 1.29 is 9.18 Å². The molecular formula is C16H13ClFN5OS. The Kier molecular flexibility index (Phi) is 5.30. The second-order valence-corrected chi connectivity index (χ2v) is 6.48. The van der Waals surface area contributed by atoms with Gasteiger partial charge in [0.1, 0.15) is 5.82 Å². The summed E-state index contributed by atoms with van der Waals surface area (Å²) < 4.78 is 14.7. The fourth-order valence-electron chi connectivity index (χ4n) is 2.13. The van der Waals surface area contributed by atoms with E-state index in [-0.39, 0.29) is 11.7 Å². The molecule has 6 nitrogen and oxygen atoms in total. The Morgan fingerprint density at radius 3 is 2.92 bits per heavy atom. The monoisotopic (exact) mass is 377 g/mol. The van der Waals surface area contributed by atoms with Crippen LogP contribution in [-0.4, -0.2) is 26.1 Å². The number of thioether (sulfide) groups is 1. The first-order valence-electron chi connectivity index (χ1n) is 7.26. The molecule has 0 unspecified atom stereocenters. The lowest BCUT2D eigenvalue weighted by Gasteiger charge is -2.08. The van der Waals surface area contributed by atoms with E-state index in [1.807, 2.05) is 6.07 Å². The quantitative estimate of drug-likeness (QED) is 0.686. The van der Waals surface area contributed by atoms with Gasteiger partial charge < -0.3 is 5.32 Å². The van der Waals surface area contributed by atoms with Gasteiger partial charge >= 0.3 is 0 Å². The highest BCUT2D eigenvalue weighted by molar-refractivity contribution is 7.98. The minimum atomic E-state index is -0.377. The highest BCUT2D eigenvalue weighted by atomic mass is 35.5. The van der Waals surface area contributed by atoms with Crippen LogP contribution < -0.4 is 5.32 Å². The molecule has 1 N–H and O–H groups in total. The van der Waals surface area contributed by atoms with Crippen molar-refractivity contribution in [2.75, 3.05) is 5.32 Å². The number of benzene rings is 2. The first kappa shape index (κ1) is 17.4. The summed E-state index contributed by atoms with van der Waals surface area (Å²) in [7, 11) is 0. The van der Waals surface area contributed by atoms with Crippen LogP contribution in [0.5, 0.6) is 0 Å². The average molecular weight is 378 g/mol.